The van der Waals surface area contributed by atoms with E-state index in [2.05, 4.69) is 0 Å². The van der Waals surface area contributed by atoms with Crippen molar-refractivity contribution in [1.82, 2.24) is 4.57 Å². The van der Waals surface area contributed by atoms with Gasteiger partial charge in [-0.2, -0.15) is 0 Å². The number of hydrogen-bond donors (Lipinski definition) is 0. The smallest absolute Gasteiger partial charge is 0.266 e. The zero-order valence-electron chi connectivity index (χ0n) is 8.56. The summed E-state index contributed by atoms with van der Waals surface area (Å²) >= 11 is 1.91. The van der Waals surface area contributed by atoms with Crippen molar-refractivity contribution in [2.75, 3.05) is 0 Å². The Morgan fingerprint density at radius 2 is 2.06 bits per heavy atom. The highest BCUT2D eigenvalue weighted by Gasteiger charge is 2.08. The van der Waals surface area contributed by atoms with Crippen LogP contribution in [0.5, 0.6) is 0 Å². The van der Waals surface area contributed by atoms with Gasteiger partial charge in [-0.3, -0.25) is 14.2 Å². The third-order valence-corrected chi connectivity index (χ3v) is 3.22. The summed E-state index contributed by atoms with van der Waals surface area (Å²) in [5.74, 6) is -0.430. The molecule has 17 heavy (non-hydrogen) atoms. The van der Waals surface area contributed by atoms with Crippen molar-refractivity contribution in [3.63, 3.8) is 0 Å². The fourth-order valence-electron chi connectivity index (χ4n) is 1.47. The van der Waals surface area contributed by atoms with E-state index in [-0.39, 0.29) is 5.56 Å². The molecule has 0 saturated heterocycles. The molecule has 0 fully saturated rings. The Morgan fingerprint density at radius 3 is 2.71 bits per heavy atom. The molecule has 0 atom stereocenters. The molecule has 0 aliphatic carbocycles. The molecule has 86 valence electrons. The minimum absolute atomic E-state index is 0.0809. The highest BCUT2D eigenvalue weighted by molar-refractivity contribution is 14.1. The maximum atomic E-state index is 13.1. The zero-order chi connectivity index (χ0) is 12.4. The summed E-state index contributed by atoms with van der Waals surface area (Å²) in [6, 6.07) is 7.28. The average molecular weight is 343 g/mol. The van der Waals surface area contributed by atoms with Crippen LogP contribution < -0.4 is 5.56 Å². The molecule has 0 aliphatic heterocycles. The molecule has 0 amide bonds. The number of hydrogen-bond acceptors (Lipinski definition) is 2. The van der Waals surface area contributed by atoms with E-state index in [9.17, 15) is 14.0 Å². The van der Waals surface area contributed by atoms with Gasteiger partial charge < -0.3 is 0 Å². The first kappa shape index (κ1) is 12.0. The minimum Gasteiger partial charge on any atom is -0.298 e. The summed E-state index contributed by atoms with van der Waals surface area (Å²) in [6.45, 7) is 0. The molecule has 5 heteroatoms. The predicted octanol–water partition coefficient (Wildman–Crippen LogP) is 2.39. The molecule has 0 N–H and O–H groups in total. The Labute approximate surface area is 110 Å². The van der Waals surface area contributed by atoms with Crippen molar-refractivity contribution in [2.45, 2.75) is 0 Å². The van der Waals surface area contributed by atoms with Crippen molar-refractivity contribution >= 4 is 28.9 Å². The minimum atomic E-state index is -0.447. The lowest BCUT2D eigenvalue weighted by molar-refractivity contribution is 0.112. The van der Waals surface area contributed by atoms with Gasteiger partial charge in [0.05, 0.1) is 11.3 Å². The van der Waals surface area contributed by atoms with E-state index in [4.69, 9.17) is 0 Å². The van der Waals surface area contributed by atoms with Crippen molar-refractivity contribution in [1.29, 1.82) is 0 Å². The zero-order valence-corrected chi connectivity index (χ0v) is 10.7. The summed E-state index contributed by atoms with van der Waals surface area (Å²) in [5.41, 5.74) is 0.0318. The van der Waals surface area contributed by atoms with E-state index >= 15 is 0 Å². The number of nitrogens with zero attached hydrogens (tertiary/aromatic N) is 1. The number of pyridine rings is 1. The van der Waals surface area contributed by atoms with Gasteiger partial charge in [0.25, 0.3) is 5.56 Å². The van der Waals surface area contributed by atoms with Crippen LogP contribution in [-0.2, 0) is 0 Å². The molecular weight excluding hydrogens is 336 g/mol. The number of aldehydes is 1. The number of carbonyl (C=O) groups excluding carboxylic acids is 1. The van der Waals surface area contributed by atoms with Crippen LogP contribution in [0.3, 0.4) is 0 Å². The van der Waals surface area contributed by atoms with E-state index < -0.39 is 11.4 Å². The first-order valence-electron chi connectivity index (χ1n) is 4.76. The summed E-state index contributed by atoms with van der Waals surface area (Å²) in [4.78, 5) is 22.7. The molecule has 0 aliphatic rings. The summed E-state index contributed by atoms with van der Waals surface area (Å²) in [6.07, 6.45) is 2.03. The Bertz CT molecular complexity index is 637. The second-order valence-corrected chi connectivity index (χ2v) is 4.51. The standard InChI is InChI=1S/C12H7FINO2/c13-8-2-1-3-9(6-8)15-5-4-11(14)10(7-16)12(15)17/h1-7H. The maximum Gasteiger partial charge on any atom is 0.266 e. The van der Waals surface area contributed by atoms with Crippen molar-refractivity contribution in [3.8, 4) is 5.69 Å². The molecule has 1 heterocycles. The molecule has 0 saturated carbocycles. The van der Waals surface area contributed by atoms with E-state index in [0.29, 0.717) is 15.5 Å². The van der Waals surface area contributed by atoms with Crippen LogP contribution in [0, 0.1) is 9.39 Å². The van der Waals surface area contributed by atoms with E-state index in [0.717, 1.165) is 0 Å². The van der Waals surface area contributed by atoms with E-state index in [1.54, 1.807) is 12.1 Å². The highest BCUT2D eigenvalue weighted by Crippen LogP contribution is 2.10. The molecule has 2 aromatic rings. The fourth-order valence-corrected chi connectivity index (χ4v) is 1.98. The third-order valence-electron chi connectivity index (χ3n) is 2.28. The van der Waals surface area contributed by atoms with E-state index in [1.807, 2.05) is 22.6 Å². The van der Waals surface area contributed by atoms with Crippen LogP contribution in [-0.4, -0.2) is 10.9 Å². The predicted molar refractivity (Wildman–Crippen MR) is 70.1 cm³/mol. The van der Waals surface area contributed by atoms with Crippen LogP contribution in [0.15, 0.2) is 41.3 Å². The number of benzene rings is 1. The van der Waals surface area contributed by atoms with Crippen LogP contribution in [0.2, 0.25) is 0 Å². The van der Waals surface area contributed by atoms with Gasteiger partial charge in [-0.1, -0.05) is 6.07 Å². The Morgan fingerprint density at radius 1 is 1.29 bits per heavy atom. The molecular formula is C12H7FINO2. The van der Waals surface area contributed by atoms with Gasteiger partial charge in [-0.05, 0) is 46.9 Å². The number of rotatable bonds is 2. The van der Waals surface area contributed by atoms with Gasteiger partial charge in [0.15, 0.2) is 6.29 Å². The SMILES string of the molecule is O=Cc1c(I)ccn(-c2cccc(F)c2)c1=O. The van der Waals surface area contributed by atoms with Gasteiger partial charge in [-0.15, -0.1) is 0 Å². The molecule has 1 aromatic carbocycles. The van der Waals surface area contributed by atoms with Crippen molar-refractivity contribution in [3.05, 3.63) is 61.8 Å². The summed E-state index contributed by atoms with van der Waals surface area (Å²) < 4.78 is 14.9. The summed E-state index contributed by atoms with van der Waals surface area (Å²) in [5, 5.41) is 0. The van der Waals surface area contributed by atoms with Gasteiger partial charge in [0.2, 0.25) is 0 Å². The quantitative estimate of drug-likeness (QED) is 0.621. The Kier molecular flexibility index (Phi) is 3.37. The lowest BCUT2D eigenvalue weighted by Crippen LogP contribution is -2.22. The normalized spacial score (nSPS) is 10.2. The van der Waals surface area contributed by atoms with Crippen LogP contribution in [0.4, 0.5) is 4.39 Å². The molecule has 3 nitrogen and oxygen atoms in total. The Balaban J connectivity index is 2.69. The van der Waals surface area contributed by atoms with Gasteiger partial charge in [-0.25, -0.2) is 4.39 Å². The van der Waals surface area contributed by atoms with Crippen molar-refractivity contribution in [2.24, 2.45) is 0 Å². The molecule has 0 spiro atoms. The fraction of sp³-hybridized carbons (Fsp3) is 0. The second kappa shape index (κ2) is 4.79. The topological polar surface area (TPSA) is 39.1 Å². The van der Waals surface area contributed by atoms with Gasteiger partial charge >= 0.3 is 0 Å². The maximum absolute atomic E-state index is 13.1. The van der Waals surface area contributed by atoms with Gasteiger partial charge in [0, 0.05) is 9.77 Å². The molecule has 2 rings (SSSR count). The van der Waals surface area contributed by atoms with Crippen molar-refractivity contribution < 1.29 is 9.18 Å². The van der Waals surface area contributed by atoms with Gasteiger partial charge in [0.1, 0.15) is 5.82 Å². The molecule has 0 bridgehead atoms. The summed E-state index contributed by atoms with van der Waals surface area (Å²) in [7, 11) is 0. The Hall–Kier alpha value is -1.50. The number of halogens is 2. The third kappa shape index (κ3) is 2.28. The number of aromatic nitrogens is 1. The average Bonchev–Trinajstić information content (AvgIpc) is 2.29. The number of carbonyl (C=O) groups is 1. The first-order chi connectivity index (χ1) is 8.13. The molecule has 1 aromatic heterocycles. The lowest BCUT2D eigenvalue weighted by atomic mass is 10.2. The second-order valence-electron chi connectivity index (χ2n) is 3.35. The van der Waals surface area contributed by atoms with Crippen LogP contribution in [0.25, 0.3) is 5.69 Å². The largest absolute Gasteiger partial charge is 0.298 e. The monoisotopic (exact) mass is 343 g/mol. The van der Waals surface area contributed by atoms with E-state index in [1.165, 1.54) is 29.0 Å². The molecule has 0 radical (unpaired) electrons. The van der Waals surface area contributed by atoms with Crippen LogP contribution >= 0.6 is 22.6 Å². The lowest BCUT2D eigenvalue weighted by Gasteiger charge is -2.07. The molecule has 0 unspecified atom stereocenters. The highest BCUT2D eigenvalue weighted by atomic mass is 127. The van der Waals surface area contributed by atoms with Crippen LogP contribution in [0.1, 0.15) is 10.4 Å². The first-order valence-corrected chi connectivity index (χ1v) is 5.83.